The van der Waals surface area contributed by atoms with Crippen LogP contribution < -0.4 is 4.90 Å². The number of amides is 1. The molecular formula is C23H25ClNO5S+. The van der Waals surface area contributed by atoms with E-state index in [2.05, 4.69) is 0 Å². The first-order chi connectivity index (χ1) is 14.8. The van der Waals surface area contributed by atoms with Gasteiger partial charge in [-0.15, -0.1) is 0 Å². The lowest BCUT2D eigenvalue weighted by atomic mass is 10.0. The average molecular weight is 463 g/mol. The summed E-state index contributed by atoms with van der Waals surface area (Å²) in [4.78, 5) is 35.8. The molecule has 31 heavy (non-hydrogen) atoms. The molecule has 0 bridgehead atoms. The lowest BCUT2D eigenvalue weighted by Gasteiger charge is -2.33. The normalized spacial score (nSPS) is 18.9. The number of nitrogens with one attached hydrogen (secondary N) is 1. The minimum atomic E-state index is -1.21. The van der Waals surface area contributed by atoms with Crippen LogP contribution in [0.5, 0.6) is 0 Å². The molecule has 1 aliphatic rings. The van der Waals surface area contributed by atoms with E-state index in [1.807, 2.05) is 0 Å². The average Bonchev–Trinajstić information content (AvgIpc) is 2.74. The van der Waals surface area contributed by atoms with Crippen molar-refractivity contribution in [2.75, 3.05) is 6.54 Å². The van der Waals surface area contributed by atoms with Gasteiger partial charge in [0.15, 0.2) is 11.2 Å². The molecule has 3 rings (SSSR count). The van der Waals surface area contributed by atoms with E-state index in [9.17, 15) is 18.6 Å². The van der Waals surface area contributed by atoms with E-state index in [1.54, 1.807) is 36.4 Å². The van der Waals surface area contributed by atoms with Crippen LogP contribution in [0, 0.1) is 0 Å². The molecule has 3 atom stereocenters. The van der Waals surface area contributed by atoms with E-state index < -0.39 is 16.8 Å². The largest absolute Gasteiger partial charge is 0.478 e. The topological polar surface area (TPSA) is 92.9 Å². The summed E-state index contributed by atoms with van der Waals surface area (Å²) in [5, 5.41) is 9.33. The number of hydrogen-bond acceptors (Lipinski definition) is 4. The Morgan fingerprint density at radius 1 is 1.00 bits per heavy atom. The van der Waals surface area contributed by atoms with Gasteiger partial charge in [-0.25, -0.2) is 9.59 Å². The van der Waals surface area contributed by atoms with Gasteiger partial charge in [0.1, 0.15) is 6.42 Å². The summed E-state index contributed by atoms with van der Waals surface area (Å²) < 4.78 is 12.7. The van der Waals surface area contributed by atoms with Gasteiger partial charge in [0.2, 0.25) is 0 Å². The SMILES string of the molecule is O=C(O)c1ccc(CS(=O)C2CC(=O)[NH+]2CCCCCC(=O)c2ccc(Cl)cc2)cc1. The molecule has 6 nitrogen and oxygen atoms in total. The number of unbranched alkanes of at least 4 members (excludes halogenated alkanes) is 2. The first kappa shape index (κ1) is 23.3. The Hall–Kier alpha value is -2.35. The number of benzene rings is 2. The first-order valence-electron chi connectivity index (χ1n) is 10.2. The van der Waals surface area contributed by atoms with Crippen molar-refractivity contribution in [2.45, 2.75) is 43.2 Å². The summed E-state index contributed by atoms with van der Waals surface area (Å²) in [6.07, 6.45) is 3.12. The maximum atomic E-state index is 12.7. The predicted octanol–water partition coefficient (Wildman–Crippen LogP) is 2.87. The van der Waals surface area contributed by atoms with Crippen LogP contribution in [0.1, 0.15) is 58.4 Å². The summed E-state index contributed by atoms with van der Waals surface area (Å²) in [5.74, 6) is -0.534. The third-order valence-electron chi connectivity index (χ3n) is 5.46. The van der Waals surface area contributed by atoms with E-state index in [0.29, 0.717) is 35.7 Å². The van der Waals surface area contributed by atoms with E-state index in [4.69, 9.17) is 16.7 Å². The molecule has 1 aliphatic heterocycles. The number of ketones is 1. The van der Waals surface area contributed by atoms with E-state index in [0.717, 1.165) is 29.7 Å². The smallest absolute Gasteiger partial charge is 0.335 e. The highest BCUT2D eigenvalue weighted by Crippen LogP contribution is 2.14. The van der Waals surface area contributed by atoms with Crippen LogP contribution in [-0.4, -0.2) is 38.9 Å². The van der Waals surface area contributed by atoms with Crippen molar-refractivity contribution in [2.24, 2.45) is 0 Å². The molecule has 1 fully saturated rings. The summed E-state index contributed by atoms with van der Waals surface area (Å²) in [7, 11) is -1.21. The Bertz CT molecular complexity index is 974. The monoisotopic (exact) mass is 462 g/mol. The van der Waals surface area contributed by atoms with Crippen LogP contribution in [0.15, 0.2) is 48.5 Å². The van der Waals surface area contributed by atoms with Crippen LogP contribution in [0.4, 0.5) is 0 Å². The van der Waals surface area contributed by atoms with Gasteiger partial charge in [-0.3, -0.25) is 13.9 Å². The Kier molecular flexibility index (Phi) is 8.12. The molecule has 0 saturated carbocycles. The summed E-state index contributed by atoms with van der Waals surface area (Å²) in [6.45, 7) is 0.613. The highest BCUT2D eigenvalue weighted by atomic mass is 35.5. The number of hydrogen-bond donors (Lipinski definition) is 2. The molecule has 2 N–H and O–H groups in total. The fraction of sp³-hybridized carbons (Fsp3) is 0.348. The van der Waals surface area contributed by atoms with E-state index >= 15 is 0 Å². The fourth-order valence-corrected chi connectivity index (χ4v) is 5.34. The van der Waals surface area contributed by atoms with Gasteiger partial charge < -0.3 is 5.11 Å². The summed E-state index contributed by atoms with van der Waals surface area (Å²) in [6, 6.07) is 13.2. The first-order valence-corrected chi connectivity index (χ1v) is 12.0. The lowest BCUT2D eigenvalue weighted by molar-refractivity contribution is -0.861. The number of Topliss-reactive ketones (excluding diaryl/α,β-unsaturated/α-hetero) is 1. The molecule has 0 aliphatic carbocycles. The number of halogens is 1. The zero-order valence-corrected chi connectivity index (χ0v) is 18.6. The number of carboxylic acids is 1. The molecular weight excluding hydrogens is 438 g/mol. The Morgan fingerprint density at radius 3 is 2.26 bits per heavy atom. The second-order valence-corrected chi connectivity index (χ2v) is 9.71. The highest BCUT2D eigenvalue weighted by Gasteiger charge is 2.45. The number of carbonyl (C=O) groups is 3. The Morgan fingerprint density at radius 2 is 1.65 bits per heavy atom. The predicted molar refractivity (Wildman–Crippen MR) is 119 cm³/mol. The second kappa shape index (κ2) is 10.8. The quantitative estimate of drug-likeness (QED) is 0.304. The fourth-order valence-electron chi connectivity index (χ4n) is 3.59. The number of rotatable bonds is 11. The van der Waals surface area contributed by atoms with Crippen molar-refractivity contribution in [3.63, 3.8) is 0 Å². The van der Waals surface area contributed by atoms with Crippen LogP contribution in [0.3, 0.4) is 0 Å². The number of carbonyl (C=O) groups excluding carboxylic acids is 2. The minimum absolute atomic E-state index is 0.0804. The number of aromatic carboxylic acids is 1. The van der Waals surface area contributed by atoms with Crippen LogP contribution in [0.2, 0.25) is 5.02 Å². The Labute approximate surface area is 188 Å². The van der Waals surface area contributed by atoms with Crippen LogP contribution in [0.25, 0.3) is 0 Å². The van der Waals surface area contributed by atoms with Crippen molar-refractivity contribution in [1.82, 2.24) is 0 Å². The maximum absolute atomic E-state index is 12.7. The van der Waals surface area contributed by atoms with Gasteiger partial charge in [0, 0.05) is 17.0 Å². The van der Waals surface area contributed by atoms with Gasteiger partial charge in [0.25, 0.3) is 0 Å². The molecule has 0 radical (unpaired) electrons. The second-order valence-electron chi connectivity index (χ2n) is 7.66. The molecule has 2 aromatic rings. The Balaban J connectivity index is 1.40. The molecule has 164 valence electrons. The zero-order valence-electron chi connectivity index (χ0n) is 17.0. The van der Waals surface area contributed by atoms with Gasteiger partial charge >= 0.3 is 11.9 Å². The third-order valence-corrected chi connectivity index (χ3v) is 7.42. The molecule has 1 heterocycles. The molecule has 8 heteroatoms. The summed E-state index contributed by atoms with van der Waals surface area (Å²) in [5.41, 5.74) is 1.64. The summed E-state index contributed by atoms with van der Waals surface area (Å²) >= 11 is 5.84. The van der Waals surface area contributed by atoms with Gasteiger partial charge in [-0.1, -0.05) is 23.7 Å². The molecule has 2 aromatic carbocycles. The van der Waals surface area contributed by atoms with Crippen molar-refractivity contribution in [3.8, 4) is 0 Å². The molecule has 3 unspecified atom stereocenters. The number of carboxylic acid groups (broad SMARTS) is 1. The van der Waals surface area contributed by atoms with Crippen LogP contribution in [-0.2, 0) is 21.3 Å². The van der Waals surface area contributed by atoms with Crippen molar-refractivity contribution >= 4 is 40.1 Å². The van der Waals surface area contributed by atoms with Gasteiger partial charge in [-0.05, 0) is 61.2 Å². The van der Waals surface area contributed by atoms with E-state index in [-0.39, 0.29) is 22.6 Å². The molecule has 0 spiro atoms. The lowest BCUT2D eigenvalue weighted by Crippen LogP contribution is -3.25. The number of quaternary nitrogens is 1. The third kappa shape index (κ3) is 6.32. The minimum Gasteiger partial charge on any atom is -0.478 e. The standard InChI is InChI=1S/C23H24ClNO5S/c24-19-11-9-17(10-12-19)20(26)4-2-1-3-13-25-21(27)14-22(25)31(30)15-16-5-7-18(8-6-16)23(28)29/h5-12,22H,1-4,13-15H2,(H,28,29)/p+1. The molecule has 1 saturated heterocycles. The molecule has 1 amide bonds. The van der Waals surface area contributed by atoms with E-state index in [1.165, 1.54) is 12.1 Å². The van der Waals surface area contributed by atoms with Gasteiger partial charge in [-0.2, -0.15) is 0 Å². The zero-order chi connectivity index (χ0) is 22.4. The number of β-lactam (4-membered cyclic amide) rings is 1. The van der Waals surface area contributed by atoms with Crippen LogP contribution >= 0.6 is 11.6 Å². The number of likely N-dealkylation sites (tertiary alicyclic amines) is 1. The van der Waals surface area contributed by atoms with Gasteiger partial charge in [0.05, 0.1) is 28.7 Å². The molecule has 0 aromatic heterocycles. The van der Waals surface area contributed by atoms with Crippen molar-refractivity contribution in [1.29, 1.82) is 0 Å². The van der Waals surface area contributed by atoms with Crippen molar-refractivity contribution in [3.05, 3.63) is 70.2 Å². The highest BCUT2D eigenvalue weighted by molar-refractivity contribution is 7.84. The van der Waals surface area contributed by atoms with Crippen molar-refractivity contribution < 1.29 is 28.6 Å². The maximum Gasteiger partial charge on any atom is 0.335 e.